The second kappa shape index (κ2) is 7.33. The van der Waals surface area contributed by atoms with Crippen molar-refractivity contribution in [1.29, 1.82) is 0 Å². The number of carbonyl (C=O) groups is 1. The Kier molecular flexibility index (Phi) is 5.16. The number of carbonyl (C=O) groups excluding carboxylic acids is 1. The van der Waals surface area contributed by atoms with Crippen LogP contribution >= 0.6 is 11.3 Å². The van der Waals surface area contributed by atoms with Gasteiger partial charge in [-0.1, -0.05) is 29.5 Å². The highest BCUT2D eigenvalue weighted by atomic mass is 32.1. The summed E-state index contributed by atoms with van der Waals surface area (Å²) in [7, 11) is 4.02. The maximum atomic E-state index is 13.0. The van der Waals surface area contributed by atoms with Crippen molar-refractivity contribution in [1.82, 2.24) is 9.88 Å². The standard InChI is InChI=1S/C20H23N3OS/c1-14-12-17-18(13-15(14)2)25-20(21-17)23(11-10-22(3)4)19(24)16-8-6-5-7-9-16/h5-9,12-13H,10-11H2,1-4H3. The van der Waals surface area contributed by atoms with Crippen LogP contribution in [0.2, 0.25) is 0 Å². The van der Waals surface area contributed by atoms with Crippen LogP contribution in [0.15, 0.2) is 42.5 Å². The van der Waals surface area contributed by atoms with Gasteiger partial charge in [-0.25, -0.2) is 4.98 Å². The molecule has 1 heterocycles. The van der Waals surface area contributed by atoms with Crippen LogP contribution in [0, 0.1) is 13.8 Å². The Labute approximate surface area is 152 Å². The smallest absolute Gasteiger partial charge is 0.260 e. The molecule has 0 fully saturated rings. The molecular formula is C20H23N3OS. The zero-order valence-corrected chi connectivity index (χ0v) is 15.9. The Hall–Kier alpha value is -2.24. The van der Waals surface area contributed by atoms with E-state index in [4.69, 9.17) is 4.98 Å². The van der Waals surface area contributed by atoms with Gasteiger partial charge in [0.1, 0.15) is 0 Å². The number of benzene rings is 2. The summed E-state index contributed by atoms with van der Waals surface area (Å²) in [5.74, 6) is -0.00468. The zero-order chi connectivity index (χ0) is 18.0. The molecule has 0 saturated heterocycles. The van der Waals surface area contributed by atoms with E-state index in [0.29, 0.717) is 12.1 Å². The molecule has 2 aromatic carbocycles. The van der Waals surface area contributed by atoms with Crippen molar-refractivity contribution in [2.75, 3.05) is 32.1 Å². The molecular weight excluding hydrogens is 330 g/mol. The average Bonchev–Trinajstić information content (AvgIpc) is 2.98. The van der Waals surface area contributed by atoms with E-state index in [9.17, 15) is 4.79 Å². The van der Waals surface area contributed by atoms with Crippen LogP contribution in [0.25, 0.3) is 10.2 Å². The highest BCUT2D eigenvalue weighted by Gasteiger charge is 2.21. The van der Waals surface area contributed by atoms with E-state index < -0.39 is 0 Å². The molecule has 3 rings (SSSR count). The van der Waals surface area contributed by atoms with E-state index in [1.165, 1.54) is 11.1 Å². The van der Waals surface area contributed by atoms with Gasteiger partial charge in [0.05, 0.1) is 10.2 Å². The maximum Gasteiger partial charge on any atom is 0.260 e. The monoisotopic (exact) mass is 353 g/mol. The Morgan fingerprint density at radius 1 is 1.04 bits per heavy atom. The Morgan fingerprint density at radius 2 is 1.72 bits per heavy atom. The molecule has 25 heavy (non-hydrogen) atoms. The first-order chi connectivity index (χ1) is 12.0. The van der Waals surface area contributed by atoms with E-state index in [1.54, 1.807) is 16.2 Å². The Bertz CT molecular complexity index is 848. The van der Waals surface area contributed by atoms with Gasteiger partial charge >= 0.3 is 0 Å². The average molecular weight is 353 g/mol. The first kappa shape index (κ1) is 17.6. The summed E-state index contributed by atoms with van der Waals surface area (Å²) in [4.78, 5) is 21.7. The number of amides is 1. The van der Waals surface area contributed by atoms with Gasteiger partial charge in [-0.05, 0) is 63.3 Å². The lowest BCUT2D eigenvalue weighted by Gasteiger charge is -2.22. The SMILES string of the molecule is Cc1cc2nc(N(CCN(C)C)C(=O)c3ccccc3)sc2cc1C. The molecule has 0 aliphatic rings. The second-order valence-electron chi connectivity index (χ2n) is 6.53. The summed E-state index contributed by atoms with van der Waals surface area (Å²) in [5, 5.41) is 0.760. The molecule has 1 amide bonds. The van der Waals surface area contributed by atoms with Gasteiger partial charge in [-0.2, -0.15) is 0 Å². The minimum atomic E-state index is -0.00468. The molecule has 0 aliphatic heterocycles. The lowest BCUT2D eigenvalue weighted by Crippen LogP contribution is -2.36. The van der Waals surface area contributed by atoms with Gasteiger partial charge in [0.2, 0.25) is 0 Å². The molecule has 1 aromatic heterocycles. The predicted molar refractivity (Wildman–Crippen MR) is 106 cm³/mol. The molecule has 0 aliphatic carbocycles. The molecule has 4 nitrogen and oxygen atoms in total. The lowest BCUT2D eigenvalue weighted by molar-refractivity contribution is 0.0985. The van der Waals surface area contributed by atoms with Crippen molar-refractivity contribution in [3.05, 3.63) is 59.2 Å². The number of aryl methyl sites for hydroxylation is 2. The van der Waals surface area contributed by atoms with E-state index in [1.807, 2.05) is 44.4 Å². The van der Waals surface area contributed by atoms with Crippen LogP contribution in [0.5, 0.6) is 0 Å². The van der Waals surface area contributed by atoms with Crippen LogP contribution in [0.4, 0.5) is 5.13 Å². The minimum absolute atomic E-state index is 0.00468. The van der Waals surface area contributed by atoms with E-state index in [2.05, 4.69) is 30.9 Å². The maximum absolute atomic E-state index is 13.0. The van der Waals surface area contributed by atoms with Gasteiger partial charge in [0.25, 0.3) is 5.91 Å². The lowest BCUT2D eigenvalue weighted by atomic mass is 10.1. The number of hydrogen-bond acceptors (Lipinski definition) is 4. The number of fused-ring (bicyclic) bond motifs is 1. The number of nitrogens with zero attached hydrogens (tertiary/aromatic N) is 3. The van der Waals surface area contributed by atoms with Crippen molar-refractivity contribution in [2.45, 2.75) is 13.8 Å². The summed E-state index contributed by atoms with van der Waals surface area (Å²) in [5.41, 5.74) is 4.11. The number of anilines is 1. The molecule has 5 heteroatoms. The number of hydrogen-bond donors (Lipinski definition) is 0. The fourth-order valence-electron chi connectivity index (χ4n) is 2.60. The highest BCUT2D eigenvalue weighted by Crippen LogP contribution is 2.31. The van der Waals surface area contributed by atoms with Crippen LogP contribution in [-0.4, -0.2) is 43.0 Å². The summed E-state index contributed by atoms with van der Waals surface area (Å²) >= 11 is 1.58. The predicted octanol–water partition coefficient (Wildman–Crippen LogP) is 4.12. The van der Waals surface area contributed by atoms with Crippen molar-refractivity contribution < 1.29 is 4.79 Å². The third-order valence-corrected chi connectivity index (χ3v) is 5.30. The third kappa shape index (κ3) is 3.89. The summed E-state index contributed by atoms with van der Waals surface area (Å²) in [6.45, 7) is 5.59. The van der Waals surface area contributed by atoms with Crippen molar-refractivity contribution in [3.63, 3.8) is 0 Å². The molecule has 0 saturated carbocycles. The number of thiazole rings is 1. The normalized spacial score (nSPS) is 11.2. The molecule has 0 unspecified atom stereocenters. The van der Waals surface area contributed by atoms with Gasteiger partial charge in [0, 0.05) is 18.7 Å². The fraction of sp³-hybridized carbons (Fsp3) is 0.300. The van der Waals surface area contributed by atoms with Crippen molar-refractivity contribution in [3.8, 4) is 0 Å². The fourth-order valence-corrected chi connectivity index (χ4v) is 3.67. The molecule has 0 spiro atoms. The first-order valence-electron chi connectivity index (χ1n) is 8.35. The van der Waals surface area contributed by atoms with Crippen LogP contribution in [0.3, 0.4) is 0 Å². The number of rotatable bonds is 5. The van der Waals surface area contributed by atoms with Gasteiger partial charge in [-0.15, -0.1) is 0 Å². The van der Waals surface area contributed by atoms with Crippen molar-refractivity contribution >= 4 is 32.6 Å². The quantitative estimate of drug-likeness (QED) is 0.692. The Morgan fingerprint density at radius 3 is 2.40 bits per heavy atom. The highest BCUT2D eigenvalue weighted by molar-refractivity contribution is 7.22. The summed E-state index contributed by atoms with van der Waals surface area (Å²) < 4.78 is 1.12. The molecule has 0 N–H and O–H groups in total. The summed E-state index contributed by atoms with van der Waals surface area (Å²) in [6.07, 6.45) is 0. The van der Waals surface area contributed by atoms with Gasteiger partial charge in [-0.3, -0.25) is 9.69 Å². The molecule has 0 radical (unpaired) electrons. The minimum Gasteiger partial charge on any atom is -0.308 e. The largest absolute Gasteiger partial charge is 0.308 e. The topological polar surface area (TPSA) is 36.4 Å². The van der Waals surface area contributed by atoms with E-state index in [-0.39, 0.29) is 5.91 Å². The first-order valence-corrected chi connectivity index (χ1v) is 9.17. The molecule has 3 aromatic rings. The van der Waals surface area contributed by atoms with Gasteiger partial charge in [0.15, 0.2) is 5.13 Å². The van der Waals surface area contributed by atoms with Crippen LogP contribution in [-0.2, 0) is 0 Å². The van der Waals surface area contributed by atoms with Crippen molar-refractivity contribution in [2.24, 2.45) is 0 Å². The van der Waals surface area contributed by atoms with Crippen LogP contribution < -0.4 is 4.90 Å². The molecule has 130 valence electrons. The van der Waals surface area contributed by atoms with Crippen LogP contribution in [0.1, 0.15) is 21.5 Å². The Balaban J connectivity index is 2.00. The third-order valence-electron chi connectivity index (χ3n) is 4.26. The number of likely N-dealkylation sites (N-methyl/N-ethyl adjacent to an activating group) is 1. The van der Waals surface area contributed by atoms with E-state index >= 15 is 0 Å². The molecule has 0 atom stereocenters. The zero-order valence-electron chi connectivity index (χ0n) is 15.1. The number of aromatic nitrogens is 1. The van der Waals surface area contributed by atoms with E-state index in [0.717, 1.165) is 21.9 Å². The molecule has 0 bridgehead atoms. The second-order valence-corrected chi connectivity index (χ2v) is 7.54. The summed E-state index contributed by atoms with van der Waals surface area (Å²) in [6, 6.07) is 13.7. The van der Waals surface area contributed by atoms with Gasteiger partial charge < -0.3 is 4.90 Å².